The van der Waals surface area contributed by atoms with Crippen LogP contribution >= 0.6 is 0 Å². The smallest absolute Gasteiger partial charge is 0.178 e. The Labute approximate surface area is 122 Å². The Morgan fingerprint density at radius 3 is 2.81 bits per heavy atom. The van der Waals surface area contributed by atoms with Crippen LogP contribution in [0.15, 0.2) is 35.5 Å². The number of H-pyrrole nitrogens is 1. The molecule has 0 fully saturated rings. The van der Waals surface area contributed by atoms with Gasteiger partial charge in [-0.1, -0.05) is 24.2 Å². The molecular weight excluding hydrogens is 270 g/mol. The van der Waals surface area contributed by atoms with Crippen molar-refractivity contribution >= 4 is 11.5 Å². The lowest BCUT2D eigenvalue weighted by Crippen LogP contribution is -2.02. The van der Waals surface area contributed by atoms with Crippen molar-refractivity contribution in [1.29, 1.82) is 0 Å². The van der Waals surface area contributed by atoms with Crippen LogP contribution in [0.2, 0.25) is 0 Å². The normalized spacial score (nSPS) is 12.1. The van der Waals surface area contributed by atoms with E-state index in [1.165, 1.54) is 0 Å². The van der Waals surface area contributed by atoms with Crippen LogP contribution in [-0.2, 0) is 6.54 Å². The number of nitrogens with one attached hydrogen (secondary N) is 1. The van der Waals surface area contributed by atoms with Crippen LogP contribution in [-0.4, -0.2) is 15.9 Å². The second kappa shape index (κ2) is 6.32. The molecule has 2 aromatic rings. The highest BCUT2D eigenvalue weighted by Crippen LogP contribution is 2.28. The van der Waals surface area contributed by atoms with E-state index in [9.17, 15) is 14.8 Å². The number of nitrogens with zero attached hydrogens (tertiary/aromatic N) is 1. The van der Waals surface area contributed by atoms with Gasteiger partial charge < -0.3 is 15.8 Å². The molecule has 1 aromatic heterocycles. The van der Waals surface area contributed by atoms with Crippen molar-refractivity contribution in [2.75, 3.05) is 5.73 Å². The number of carbonyl (C=O) groups is 1. The predicted octanol–water partition coefficient (Wildman–Crippen LogP) is 2.54. The first-order chi connectivity index (χ1) is 10.1. The SMILES string of the molecule is CCC(=O)c1cc(C(O)c2cccc(N)c2)c(CN=O)[nH]1. The first-order valence-corrected chi connectivity index (χ1v) is 6.64. The van der Waals surface area contributed by atoms with E-state index in [4.69, 9.17) is 5.73 Å². The summed E-state index contributed by atoms with van der Waals surface area (Å²) in [6.45, 7) is 1.61. The summed E-state index contributed by atoms with van der Waals surface area (Å²) in [5.74, 6) is -0.0897. The number of nitrogens with two attached hydrogens (primary N) is 1. The van der Waals surface area contributed by atoms with Crippen molar-refractivity contribution in [2.45, 2.75) is 26.0 Å². The minimum Gasteiger partial charge on any atom is -0.399 e. The molecule has 2 rings (SSSR count). The summed E-state index contributed by atoms with van der Waals surface area (Å²) in [7, 11) is 0. The molecule has 1 aromatic carbocycles. The molecule has 110 valence electrons. The summed E-state index contributed by atoms with van der Waals surface area (Å²) in [5.41, 5.74) is 8.11. The zero-order valence-electron chi connectivity index (χ0n) is 11.7. The largest absolute Gasteiger partial charge is 0.399 e. The molecule has 0 aliphatic heterocycles. The van der Waals surface area contributed by atoms with E-state index in [0.717, 1.165) is 0 Å². The maximum absolute atomic E-state index is 11.8. The number of Topliss-reactive ketones (excluding diaryl/α,β-unsaturated/α-hetero) is 1. The minimum absolute atomic E-state index is 0.0897. The highest BCUT2D eigenvalue weighted by atomic mass is 16.3. The third-order valence-corrected chi connectivity index (χ3v) is 3.30. The summed E-state index contributed by atoms with van der Waals surface area (Å²) in [6.07, 6.45) is -0.637. The number of anilines is 1. The van der Waals surface area contributed by atoms with Gasteiger partial charge in [-0.2, -0.15) is 4.91 Å². The van der Waals surface area contributed by atoms with E-state index in [-0.39, 0.29) is 12.3 Å². The number of benzene rings is 1. The standard InChI is InChI=1S/C15H17N3O3/c1-2-14(19)12-7-11(13(18-12)8-17-21)15(20)9-4-3-5-10(16)6-9/h3-7,15,18,20H,2,8,16H2,1H3. The molecule has 6 heteroatoms. The fourth-order valence-corrected chi connectivity index (χ4v) is 2.20. The summed E-state index contributed by atoms with van der Waals surface area (Å²) in [5, 5.41) is 13.3. The van der Waals surface area contributed by atoms with Gasteiger partial charge in [0.15, 0.2) is 5.78 Å². The van der Waals surface area contributed by atoms with Crippen molar-refractivity contribution in [3.05, 3.63) is 57.8 Å². The van der Waals surface area contributed by atoms with Gasteiger partial charge in [-0.25, -0.2) is 0 Å². The Bertz CT molecular complexity index is 664. The van der Waals surface area contributed by atoms with Crippen molar-refractivity contribution in [3.8, 4) is 0 Å². The maximum atomic E-state index is 11.8. The third-order valence-electron chi connectivity index (χ3n) is 3.30. The number of hydrogen-bond acceptors (Lipinski definition) is 5. The Kier molecular flexibility index (Phi) is 4.49. The van der Waals surface area contributed by atoms with Crippen molar-refractivity contribution in [1.82, 2.24) is 4.98 Å². The topological polar surface area (TPSA) is 109 Å². The van der Waals surface area contributed by atoms with Crippen molar-refractivity contribution < 1.29 is 9.90 Å². The van der Waals surface area contributed by atoms with E-state index >= 15 is 0 Å². The molecule has 0 aliphatic rings. The summed E-state index contributed by atoms with van der Waals surface area (Å²) in [6, 6.07) is 8.40. The molecule has 0 radical (unpaired) electrons. The minimum atomic E-state index is -0.972. The van der Waals surface area contributed by atoms with Gasteiger partial charge in [0.1, 0.15) is 12.6 Å². The fourth-order valence-electron chi connectivity index (χ4n) is 2.20. The Morgan fingerprint density at radius 2 is 2.19 bits per heavy atom. The average Bonchev–Trinajstić information content (AvgIpc) is 2.90. The second-order valence-electron chi connectivity index (χ2n) is 4.75. The van der Waals surface area contributed by atoms with Gasteiger partial charge in [-0.15, -0.1) is 0 Å². The van der Waals surface area contributed by atoms with E-state index in [1.54, 1.807) is 37.3 Å². The van der Waals surface area contributed by atoms with Gasteiger partial charge in [-0.05, 0) is 23.8 Å². The summed E-state index contributed by atoms with van der Waals surface area (Å²) in [4.78, 5) is 25.2. The van der Waals surface area contributed by atoms with Gasteiger partial charge in [0.2, 0.25) is 0 Å². The molecular formula is C15H17N3O3. The van der Waals surface area contributed by atoms with Crippen LogP contribution in [0.1, 0.15) is 46.8 Å². The molecule has 0 saturated carbocycles. The first-order valence-electron chi connectivity index (χ1n) is 6.64. The van der Waals surface area contributed by atoms with E-state index < -0.39 is 6.10 Å². The third kappa shape index (κ3) is 3.17. The van der Waals surface area contributed by atoms with E-state index in [0.29, 0.717) is 34.6 Å². The molecule has 1 atom stereocenters. The average molecular weight is 287 g/mol. The zero-order chi connectivity index (χ0) is 15.4. The molecule has 0 bridgehead atoms. The van der Waals surface area contributed by atoms with Crippen LogP contribution in [0.5, 0.6) is 0 Å². The lowest BCUT2D eigenvalue weighted by Gasteiger charge is -2.11. The number of rotatable bonds is 6. The second-order valence-corrected chi connectivity index (χ2v) is 4.75. The number of aliphatic hydroxyl groups is 1. The molecule has 6 nitrogen and oxygen atoms in total. The van der Waals surface area contributed by atoms with Crippen LogP contribution in [0.25, 0.3) is 0 Å². The first kappa shape index (κ1) is 14.9. The van der Waals surface area contributed by atoms with Gasteiger partial charge in [0, 0.05) is 23.4 Å². The fraction of sp³-hybridized carbons (Fsp3) is 0.267. The van der Waals surface area contributed by atoms with Crippen molar-refractivity contribution in [3.63, 3.8) is 0 Å². The molecule has 0 saturated heterocycles. The number of nitroso groups, excluding NO2 is 1. The monoisotopic (exact) mass is 287 g/mol. The van der Waals surface area contributed by atoms with Crippen LogP contribution in [0, 0.1) is 4.91 Å². The molecule has 4 N–H and O–H groups in total. The number of nitrogen functional groups attached to an aromatic ring is 1. The number of hydrogen-bond donors (Lipinski definition) is 3. The summed E-state index contributed by atoms with van der Waals surface area (Å²) < 4.78 is 0. The molecule has 0 amide bonds. The van der Waals surface area contributed by atoms with Gasteiger partial charge in [0.25, 0.3) is 0 Å². The van der Waals surface area contributed by atoms with E-state index in [2.05, 4.69) is 10.2 Å². The van der Waals surface area contributed by atoms with Crippen LogP contribution < -0.4 is 5.73 Å². The Hall–Kier alpha value is -2.47. The van der Waals surface area contributed by atoms with Crippen LogP contribution in [0.4, 0.5) is 5.69 Å². The quantitative estimate of drug-likeness (QED) is 0.431. The summed E-state index contributed by atoms with van der Waals surface area (Å²) >= 11 is 0. The zero-order valence-corrected chi connectivity index (χ0v) is 11.7. The number of carbonyl (C=O) groups excluding carboxylic acids is 1. The predicted molar refractivity (Wildman–Crippen MR) is 79.8 cm³/mol. The molecule has 0 spiro atoms. The van der Waals surface area contributed by atoms with Crippen LogP contribution in [0.3, 0.4) is 0 Å². The number of aromatic amines is 1. The van der Waals surface area contributed by atoms with Gasteiger partial charge >= 0.3 is 0 Å². The number of ketones is 1. The Morgan fingerprint density at radius 1 is 1.43 bits per heavy atom. The molecule has 21 heavy (non-hydrogen) atoms. The highest BCUT2D eigenvalue weighted by molar-refractivity contribution is 5.94. The lowest BCUT2D eigenvalue weighted by molar-refractivity contribution is 0.0984. The Balaban J connectivity index is 2.43. The van der Waals surface area contributed by atoms with Crippen molar-refractivity contribution in [2.24, 2.45) is 5.18 Å². The maximum Gasteiger partial charge on any atom is 0.178 e. The highest BCUT2D eigenvalue weighted by Gasteiger charge is 2.20. The van der Waals surface area contributed by atoms with E-state index in [1.807, 2.05) is 0 Å². The molecule has 1 heterocycles. The van der Waals surface area contributed by atoms with Gasteiger partial charge in [-0.3, -0.25) is 4.79 Å². The van der Waals surface area contributed by atoms with Gasteiger partial charge in [0.05, 0.1) is 5.69 Å². The molecule has 1 unspecified atom stereocenters. The number of aromatic nitrogens is 1. The lowest BCUT2D eigenvalue weighted by atomic mass is 10.0. The molecule has 0 aliphatic carbocycles. The number of aliphatic hydroxyl groups excluding tert-OH is 1.